The quantitative estimate of drug-likeness (QED) is 0.345. The van der Waals surface area contributed by atoms with E-state index in [-0.39, 0.29) is 12.2 Å². The molecule has 1 aromatic rings. The lowest BCUT2D eigenvalue weighted by molar-refractivity contribution is -0.140. The molecule has 0 aliphatic heterocycles. The third-order valence-corrected chi connectivity index (χ3v) is 3.00. The van der Waals surface area contributed by atoms with Crippen LogP contribution in [0.2, 0.25) is 0 Å². The maximum absolute atomic E-state index is 11.7. The molecule has 4 nitrogen and oxygen atoms in total. The molecular formula is C13H16ClNO3. The van der Waals surface area contributed by atoms with Crippen LogP contribution in [0.5, 0.6) is 0 Å². The number of hydrogen-bond donors (Lipinski definition) is 2. The van der Waals surface area contributed by atoms with Crippen molar-refractivity contribution in [3.63, 3.8) is 0 Å². The van der Waals surface area contributed by atoms with Crippen molar-refractivity contribution in [3.05, 3.63) is 35.9 Å². The Bertz CT molecular complexity index is 418. The zero-order valence-corrected chi connectivity index (χ0v) is 10.7. The summed E-state index contributed by atoms with van der Waals surface area (Å²) in [5.41, 5.74) is 6.04. The summed E-state index contributed by atoms with van der Waals surface area (Å²) in [6, 6.07) is 8.98. The minimum absolute atomic E-state index is 0.0446. The predicted molar refractivity (Wildman–Crippen MR) is 69.6 cm³/mol. The first-order valence-corrected chi connectivity index (χ1v) is 6.11. The van der Waals surface area contributed by atoms with Crippen molar-refractivity contribution >= 4 is 23.4 Å². The van der Waals surface area contributed by atoms with Gasteiger partial charge in [0.1, 0.15) is 0 Å². The number of ketones is 1. The van der Waals surface area contributed by atoms with Crippen LogP contribution >= 0.6 is 11.6 Å². The van der Waals surface area contributed by atoms with Gasteiger partial charge in [-0.15, -0.1) is 0 Å². The smallest absolute Gasteiger partial charge is 0.339 e. The number of nitrogens with two attached hydrogens (primary N) is 1. The Morgan fingerprint density at radius 2 is 1.83 bits per heavy atom. The molecule has 0 aliphatic carbocycles. The van der Waals surface area contributed by atoms with Gasteiger partial charge in [-0.1, -0.05) is 41.9 Å². The van der Waals surface area contributed by atoms with Gasteiger partial charge in [0.15, 0.2) is 10.8 Å². The molecule has 0 aromatic heterocycles. The van der Waals surface area contributed by atoms with Crippen LogP contribution in [0.15, 0.2) is 30.3 Å². The van der Waals surface area contributed by atoms with Gasteiger partial charge in [0, 0.05) is 12.0 Å². The highest BCUT2D eigenvalue weighted by molar-refractivity contribution is 6.33. The maximum atomic E-state index is 11.7. The summed E-state index contributed by atoms with van der Waals surface area (Å²) in [5.74, 6) is -1.19. The number of carbonyl (C=O) groups excluding carboxylic acids is 1. The third kappa shape index (κ3) is 4.47. The normalized spacial score (nSPS) is 13.9. The van der Waals surface area contributed by atoms with Crippen LogP contribution in [0.25, 0.3) is 0 Å². The molecule has 1 unspecified atom stereocenters. The molecule has 0 amide bonds. The van der Waals surface area contributed by atoms with Crippen molar-refractivity contribution in [2.75, 3.05) is 0 Å². The number of carboxylic acids is 1. The van der Waals surface area contributed by atoms with Crippen LogP contribution in [-0.4, -0.2) is 21.9 Å². The largest absolute Gasteiger partial charge is 0.479 e. The zero-order valence-electron chi connectivity index (χ0n) is 9.93. The summed E-state index contributed by atoms with van der Waals surface area (Å²) in [6.45, 7) is 0. The Balaban J connectivity index is 2.31. The van der Waals surface area contributed by atoms with Gasteiger partial charge < -0.3 is 10.8 Å². The summed E-state index contributed by atoms with van der Waals surface area (Å²) < 4.78 is 0. The molecular weight excluding hydrogens is 254 g/mol. The van der Waals surface area contributed by atoms with E-state index < -0.39 is 11.0 Å². The van der Waals surface area contributed by atoms with Crippen molar-refractivity contribution < 1.29 is 14.7 Å². The van der Waals surface area contributed by atoms with Gasteiger partial charge in [-0.25, -0.2) is 4.79 Å². The second kappa shape index (κ2) is 6.52. The summed E-state index contributed by atoms with van der Waals surface area (Å²) >= 11 is 5.60. The monoisotopic (exact) mass is 269 g/mol. The van der Waals surface area contributed by atoms with E-state index in [0.29, 0.717) is 24.8 Å². The molecule has 0 aliphatic rings. The Kier molecular flexibility index (Phi) is 5.31. The van der Waals surface area contributed by atoms with E-state index in [2.05, 4.69) is 0 Å². The number of hydrogen-bond acceptors (Lipinski definition) is 3. The lowest BCUT2D eigenvalue weighted by Gasteiger charge is -2.15. The lowest BCUT2D eigenvalue weighted by atomic mass is 10.0. The number of alkyl halides is 1. The fourth-order valence-electron chi connectivity index (χ4n) is 1.54. The first kappa shape index (κ1) is 14.7. The highest BCUT2D eigenvalue weighted by Crippen LogP contribution is 2.18. The summed E-state index contributed by atoms with van der Waals surface area (Å²) in [5, 5.41) is 8.70. The van der Waals surface area contributed by atoms with Crippen LogP contribution in [0.4, 0.5) is 0 Å². The third-order valence-electron chi connectivity index (χ3n) is 2.65. The van der Waals surface area contributed by atoms with Gasteiger partial charge in [0.25, 0.3) is 0 Å². The van der Waals surface area contributed by atoms with Crippen molar-refractivity contribution in [2.45, 2.75) is 30.7 Å². The summed E-state index contributed by atoms with van der Waals surface area (Å²) in [6.07, 6.45) is 1.60. The summed E-state index contributed by atoms with van der Waals surface area (Å²) in [4.78, 5) is 20.6. The maximum Gasteiger partial charge on any atom is 0.339 e. The van der Waals surface area contributed by atoms with E-state index >= 15 is 0 Å². The van der Waals surface area contributed by atoms with Crippen molar-refractivity contribution in [1.82, 2.24) is 0 Å². The van der Waals surface area contributed by atoms with Crippen LogP contribution < -0.4 is 5.73 Å². The first-order chi connectivity index (χ1) is 8.43. The number of Topliss-reactive ketones (excluding diaryl/α,β-unsaturated/α-hetero) is 1. The number of benzene rings is 1. The van der Waals surface area contributed by atoms with E-state index in [9.17, 15) is 9.59 Å². The molecule has 5 heteroatoms. The Morgan fingerprint density at radius 3 is 2.39 bits per heavy atom. The number of aliphatic carboxylic acids is 1. The van der Waals surface area contributed by atoms with Gasteiger partial charge in [0.05, 0.1) is 0 Å². The molecule has 3 N–H and O–H groups in total. The molecule has 0 saturated heterocycles. The standard InChI is InChI=1S/C13H16ClNO3/c14-13(15,12(17)18)9-5-4-8-11(16)10-6-2-1-3-7-10/h1-3,6-7H,4-5,8-9,15H2,(H,17,18). The van der Waals surface area contributed by atoms with Crippen LogP contribution in [0.3, 0.4) is 0 Å². The van der Waals surface area contributed by atoms with Crippen LogP contribution in [0.1, 0.15) is 36.0 Å². The van der Waals surface area contributed by atoms with Crippen molar-refractivity contribution in [2.24, 2.45) is 5.73 Å². The molecule has 1 aromatic carbocycles. The number of rotatable bonds is 7. The lowest BCUT2D eigenvalue weighted by Crippen LogP contribution is -2.41. The Labute approximate surface area is 111 Å². The van der Waals surface area contributed by atoms with Crippen molar-refractivity contribution in [1.29, 1.82) is 0 Å². The average Bonchev–Trinajstić information content (AvgIpc) is 2.35. The number of halogens is 1. The van der Waals surface area contributed by atoms with Gasteiger partial charge in [-0.3, -0.25) is 4.79 Å². The zero-order chi connectivity index (χ0) is 13.6. The minimum Gasteiger partial charge on any atom is -0.479 e. The molecule has 0 bridgehead atoms. The van der Waals surface area contributed by atoms with Gasteiger partial charge in [-0.05, 0) is 19.3 Å². The Morgan fingerprint density at radius 1 is 1.22 bits per heavy atom. The highest BCUT2D eigenvalue weighted by atomic mass is 35.5. The van der Waals surface area contributed by atoms with E-state index in [4.69, 9.17) is 22.4 Å². The second-order valence-corrected chi connectivity index (χ2v) is 4.84. The van der Waals surface area contributed by atoms with Gasteiger partial charge in [0.2, 0.25) is 0 Å². The summed E-state index contributed by atoms with van der Waals surface area (Å²) in [7, 11) is 0. The molecule has 0 spiro atoms. The van der Waals surface area contributed by atoms with E-state index in [1.807, 2.05) is 6.07 Å². The number of carboxylic acid groups (broad SMARTS) is 1. The van der Waals surface area contributed by atoms with Crippen molar-refractivity contribution in [3.8, 4) is 0 Å². The van der Waals surface area contributed by atoms with Crippen LogP contribution in [0, 0.1) is 0 Å². The molecule has 0 radical (unpaired) electrons. The molecule has 0 heterocycles. The van der Waals surface area contributed by atoms with E-state index in [1.54, 1.807) is 24.3 Å². The average molecular weight is 270 g/mol. The number of carbonyl (C=O) groups is 2. The topological polar surface area (TPSA) is 80.4 Å². The predicted octanol–water partition coefficient (Wildman–Crippen LogP) is 2.41. The fourth-order valence-corrected chi connectivity index (χ4v) is 1.68. The first-order valence-electron chi connectivity index (χ1n) is 5.73. The van der Waals surface area contributed by atoms with E-state index in [1.165, 1.54) is 0 Å². The second-order valence-electron chi connectivity index (χ2n) is 4.16. The van der Waals surface area contributed by atoms with Crippen LogP contribution in [-0.2, 0) is 4.79 Å². The van der Waals surface area contributed by atoms with E-state index in [0.717, 1.165) is 0 Å². The fraction of sp³-hybridized carbons (Fsp3) is 0.385. The molecule has 0 fully saturated rings. The minimum atomic E-state index is -1.73. The molecule has 1 rings (SSSR count). The SMILES string of the molecule is NC(Cl)(CCCCC(=O)c1ccccc1)C(=O)O. The highest BCUT2D eigenvalue weighted by Gasteiger charge is 2.30. The van der Waals surface area contributed by atoms with Gasteiger partial charge >= 0.3 is 5.97 Å². The Hall–Kier alpha value is -1.39. The number of unbranched alkanes of at least 4 members (excludes halogenated alkanes) is 1. The molecule has 0 saturated carbocycles. The molecule has 98 valence electrons. The van der Waals surface area contributed by atoms with Gasteiger partial charge in [-0.2, -0.15) is 0 Å². The molecule has 18 heavy (non-hydrogen) atoms. The molecule has 1 atom stereocenters.